The third-order valence-electron chi connectivity index (χ3n) is 6.86. The summed E-state index contributed by atoms with van der Waals surface area (Å²) in [6.45, 7) is 4.07. The van der Waals surface area contributed by atoms with Gasteiger partial charge >= 0.3 is 5.97 Å². The Bertz CT molecular complexity index is 1410. The number of aromatic hydroxyl groups is 1. The van der Waals surface area contributed by atoms with Gasteiger partial charge in [0.1, 0.15) is 12.1 Å². The molecule has 0 radical (unpaired) electrons. The van der Waals surface area contributed by atoms with E-state index in [1.807, 2.05) is 38.1 Å². The molecule has 1 fully saturated rings. The van der Waals surface area contributed by atoms with Crippen LogP contribution in [0.25, 0.3) is 0 Å². The largest absolute Gasteiger partial charge is 0.503 e. The van der Waals surface area contributed by atoms with Crippen molar-refractivity contribution >= 4 is 51.2 Å². The van der Waals surface area contributed by atoms with Gasteiger partial charge in [-0.05, 0) is 84.8 Å². The van der Waals surface area contributed by atoms with E-state index in [0.29, 0.717) is 55.5 Å². The van der Waals surface area contributed by atoms with Crippen molar-refractivity contribution in [1.29, 1.82) is 0 Å². The maximum Gasteiger partial charge on any atom is 0.338 e. The summed E-state index contributed by atoms with van der Waals surface area (Å²) < 4.78 is 13.9. The zero-order valence-electron chi connectivity index (χ0n) is 21.7. The second-order valence-electron chi connectivity index (χ2n) is 9.56. The number of allylic oxidation sites excluding steroid dienone is 1. The maximum absolute atomic E-state index is 13.7. The minimum Gasteiger partial charge on any atom is -0.503 e. The van der Waals surface area contributed by atoms with Crippen LogP contribution in [0.5, 0.6) is 11.5 Å². The molecule has 1 aliphatic carbocycles. The van der Waals surface area contributed by atoms with E-state index in [-0.39, 0.29) is 17.8 Å². The number of benzene rings is 2. The van der Waals surface area contributed by atoms with Crippen molar-refractivity contribution in [3.05, 3.63) is 68.3 Å². The fraction of sp³-hybridized carbons (Fsp3) is 0.393. The molecule has 1 saturated carbocycles. The summed E-state index contributed by atoms with van der Waals surface area (Å²) in [5.41, 5.74) is 2.77. The van der Waals surface area contributed by atoms with Crippen LogP contribution in [-0.4, -0.2) is 38.6 Å². The minimum absolute atomic E-state index is 0.00336. The molecule has 1 unspecified atom stereocenters. The standard InChI is InChI=1S/C28H30BrClN4O4S/c1-3-37-22-14-18(13-20(29)25(22)35)24-23(26(36)38-19-10-5-4-6-11-19)16(2)31-27-32-28(33-34(24)27)39-15-17-9-7-8-12-21(17)30/h7-9,12-14,19,24,35H,3-6,10-11,15H2,1-2H3,(H,31,32,33). The van der Waals surface area contributed by atoms with E-state index in [1.54, 1.807) is 16.8 Å². The molecule has 0 saturated heterocycles. The quantitative estimate of drug-likeness (QED) is 0.198. The summed E-state index contributed by atoms with van der Waals surface area (Å²) in [4.78, 5) is 18.4. The van der Waals surface area contributed by atoms with Crippen molar-refractivity contribution in [2.75, 3.05) is 11.9 Å². The van der Waals surface area contributed by atoms with E-state index in [1.165, 1.54) is 18.2 Å². The Labute approximate surface area is 245 Å². The molecule has 2 aromatic carbocycles. The molecule has 5 rings (SSSR count). The fourth-order valence-electron chi connectivity index (χ4n) is 4.94. The number of phenolic OH excluding ortho intramolecular Hbond substituents is 1. The molecular weight excluding hydrogens is 604 g/mol. The number of nitrogens with one attached hydrogen (secondary N) is 1. The Morgan fingerprint density at radius 3 is 2.77 bits per heavy atom. The van der Waals surface area contributed by atoms with E-state index < -0.39 is 6.04 Å². The summed E-state index contributed by atoms with van der Waals surface area (Å²) in [5.74, 6) is 1.03. The predicted octanol–water partition coefficient (Wildman–Crippen LogP) is 7.26. The number of carbonyl (C=O) groups excluding carboxylic acids is 1. The molecule has 2 N–H and O–H groups in total. The van der Waals surface area contributed by atoms with E-state index in [4.69, 9.17) is 31.2 Å². The number of rotatable bonds is 8. The molecule has 2 heterocycles. The van der Waals surface area contributed by atoms with Crippen LogP contribution >= 0.6 is 39.3 Å². The first-order valence-electron chi connectivity index (χ1n) is 13.0. The molecule has 1 aliphatic heterocycles. The van der Waals surface area contributed by atoms with Gasteiger partial charge in [-0.3, -0.25) is 0 Å². The van der Waals surface area contributed by atoms with Crippen LogP contribution in [0, 0.1) is 0 Å². The van der Waals surface area contributed by atoms with Crippen LogP contribution in [0.2, 0.25) is 5.02 Å². The number of ether oxygens (including phenoxy) is 2. The number of nitrogens with zero attached hydrogens (tertiary/aromatic N) is 3. The van der Waals surface area contributed by atoms with E-state index in [0.717, 1.165) is 31.2 Å². The number of hydrogen-bond donors (Lipinski definition) is 2. The number of esters is 1. The zero-order chi connectivity index (χ0) is 27.5. The van der Waals surface area contributed by atoms with Gasteiger partial charge < -0.3 is 19.9 Å². The molecule has 0 spiro atoms. The lowest BCUT2D eigenvalue weighted by Gasteiger charge is -2.30. The Hall–Kier alpha value is -2.69. The summed E-state index contributed by atoms with van der Waals surface area (Å²) in [7, 11) is 0. The molecule has 2 aliphatic rings. The van der Waals surface area contributed by atoms with Gasteiger partial charge in [-0.25, -0.2) is 9.48 Å². The number of phenols is 1. The van der Waals surface area contributed by atoms with Gasteiger partial charge in [-0.2, -0.15) is 4.98 Å². The second kappa shape index (κ2) is 12.2. The highest BCUT2D eigenvalue weighted by Gasteiger charge is 2.37. The van der Waals surface area contributed by atoms with Gasteiger partial charge in [0.2, 0.25) is 11.1 Å². The molecule has 0 bridgehead atoms. The molecule has 11 heteroatoms. The Kier molecular flexibility index (Phi) is 8.73. The minimum atomic E-state index is -0.643. The first-order chi connectivity index (χ1) is 18.9. The average molecular weight is 634 g/mol. The highest BCUT2D eigenvalue weighted by molar-refractivity contribution is 9.10. The molecule has 1 aromatic heterocycles. The molecule has 3 aromatic rings. The summed E-state index contributed by atoms with van der Waals surface area (Å²) >= 11 is 11.3. The third-order valence-corrected chi connectivity index (χ3v) is 8.72. The van der Waals surface area contributed by atoms with Crippen molar-refractivity contribution in [1.82, 2.24) is 14.8 Å². The van der Waals surface area contributed by atoms with Crippen LogP contribution in [0.15, 0.2) is 57.3 Å². The molecule has 206 valence electrons. The van der Waals surface area contributed by atoms with Crippen molar-refractivity contribution in [2.24, 2.45) is 0 Å². The van der Waals surface area contributed by atoms with E-state index in [2.05, 4.69) is 21.2 Å². The monoisotopic (exact) mass is 632 g/mol. The first kappa shape index (κ1) is 27.9. The van der Waals surface area contributed by atoms with Crippen LogP contribution < -0.4 is 10.1 Å². The summed E-state index contributed by atoms with van der Waals surface area (Å²) in [6.07, 6.45) is 4.91. The first-order valence-corrected chi connectivity index (χ1v) is 15.2. The van der Waals surface area contributed by atoms with Crippen LogP contribution in [-0.2, 0) is 15.3 Å². The van der Waals surface area contributed by atoms with Gasteiger partial charge in [0, 0.05) is 16.5 Å². The third kappa shape index (κ3) is 6.07. The lowest BCUT2D eigenvalue weighted by molar-refractivity contribution is -0.146. The van der Waals surface area contributed by atoms with Gasteiger partial charge in [0.25, 0.3) is 0 Å². The lowest BCUT2D eigenvalue weighted by Crippen LogP contribution is -2.32. The van der Waals surface area contributed by atoms with Gasteiger partial charge in [0.15, 0.2) is 11.5 Å². The number of fused-ring (bicyclic) bond motifs is 1. The molecule has 0 amide bonds. The Morgan fingerprint density at radius 1 is 1.26 bits per heavy atom. The van der Waals surface area contributed by atoms with E-state index >= 15 is 0 Å². The normalized spacial score (nSPS) is 17.5. The lowest BCUT2D eigenvalue weighted by atomic mass is 9.94. The SMILES string of the molecule is CCOc1cc(C2C(C(=O)OC3CCCCC3)=C(C)Nc3nc(SCc4ccccc4Cl)nn32)cc(Br)c1O. The highest BCUT2D eigenvalue weighted by Crippen LogP contribution is 2.43. The highest BCUT2D eigenvalue weighted by atomic mass is 79.9. The Morgan fingerprint density at radius 2 is 2.03 bits per heavy atom. The molecule has 39 heavy (non-hydrogen) atoms. The number of thioether (sulfide) groups is 1. The smallest absolute Gasteiger partial charge is 0.338 e. The van der Waals surface area contributed by atoms with Crippen LogP contribution in [0.1, 0.15) is 63.1 Å². The van der Waals surface area contributed by atoms with Crippen molar-refractivity contribution < 1.29 is 19.4 Å². The predicted molar refractivity (Wildman–Crippen MR) is 155 cm³/mol. The second-order valence-corrected chi connectivity index (χ2v) is 11.8. The average Bonchev–Trinajstić information content (AvgIpc) is 3.32. The number of aromatic nitrogens is 3. The van der Waals surface area contributed by atoms with Crippen LogP contribution in [0.4, 0.5) is 5.95 Å². The maximum atomic E-state index is 13.7. The summed E-state index contributed by atoms with van der Waals surface area (Å²) in [6, 6.07) is 10.5. The fourth-order valence-corrected chi connectivity index (χ4v) is 6.51. The Balaban J connectivity index is 1.53. The number of carbonyl (C=O) groups is 1. The molecule has 1 atom stereocenters. The zero-order valence-corrected chi connectivity index (χ0v) is 24.9. The van der Waals surface area contributed by atoms with E-state index in [9.17, 15) is 9.90 Å². The van der Waals surface area contributed by atoms with Crippen molar-refractivity contribution in [3.8, 4) is 11.5 Å². The number of halogens is 2. The molecular formula is C28H30BrClN4O4S. The van der Waals surface area contributed by atoms with Crippen molar-refractivity contribution in [2.45, 2.75) is 69.0 Å². The number of hydrogen-bond acceptors (Lipinski definition) is 8. The topological polar surface area (TPSA) is 98.5 Å². The van der Waals surface area contributed by atoms with Crippen molar-refractivity contribution in [3.63, 3.8) is 0 Å². The molecule has 8 nitrogen and oxygen atoms in total. The summed E-state index contributed by atoms with van der Waals surface area (Å²) in [5, 5.41) is 19.8. The van der Waals surface area contributed by atoms with Gasteiger partial charge in [0.05, 0.1) is 16.7 Å². The van der Waals surface area contributed by atoms with Gasteiger partial charge in [-0.15, -0.1) is 5.10 Å². The van der Waals surface area contributed by atoms with Gasteiger partial charge in [-0.1, -0.05) is 48.0 Å². The number of anilines is 1. The van der Waals surface area contributed by atoms with Crippen LogP contribution in [0.3, 0.4) is 0 Å².